The van der Waals surface area contributed by atoms with Gasteiger partial charge in [0, 0.05) is 6.04 Å². The zero-order valence-corrected chi connectivity index (χ0v) is 10.6. The van der Waals surface area contributed by atoms with Crippen LogP contribution in [0.1, 0.15) is 37.7 Å². The Labute approximate surface area is 105 Å². The monoisotopic (exact) mass is 229 g/mol. The number of hydrogen-bond donors (Lipinski definition) is 1. The van der Waals surface area contributed by atoms with E-state index in [0.29, 0.717) is 0 Å². The topological polar surface area (TPSA) is 12.0 Å². The molecule has 1 aromatic carbocycles. The Hall–Kier alpha value is -0.820. The Morgan fingerprint density at radius 3 is 2.47 bits per heavy atom. The van der Waals surface area contributed by atoms with Crippen LogP contribution in [0.5, 0.6) is 0 Å². The van der Waals surface area contributed by atoms with E-state index in [1.807, 2.05) is 0 Å². The molecule has 0 heterocycles. The predicted octanol–water partition coefficient (Wildman–Crippen LogP) is 3.40. The van der Waals surface area contributed by atoms with Crippen molar-refractivity contribution in [2.75, 3.05) is 6.54 Å². The van der Waals surface area contributed by atoms with Gasteiger partial charge in [0.25, 0.3) is 0 Å². The predicted molar refractivity (Wildman–Crippen MR) is 72.0 cm³/mol. The van der Waals surface area contributed by atoms with Crippen LogP contribution >= 0.6 is 0 Å². The maximum absolute atomic E-state index is 3.71. The van der Waals surface area contributed by atoms with Crippen molar-refractivity contribution in [3.8, 4) is 0 Å². The maximum Gasteiger partial charge on any atom is 0.00683 e. The molecule has 2 unspecified atom stereocenters. The van der Waals surface area contributed by atoms with Gasteiger partial charge in [0.15, 0.2) is 0 Å². The fraction of sp³-hybridized carbons (Fsp3) is 0.625. The quantitative estimate of drug-likeness (QED) is 0.816. The molecule has 17 heavy (non-hydrogen) atoms. The number of hydrogen-bond acceptors (Lipinski definition) is 1. The second-order valence-electron chi connectivity index (χ2n) is 5.82. The Balaban J connectivity index is 1.53. The van der Waals surface area contributed by atoms with Gasteiger partial charge in [-0.15, -0.1) is 0 Å². The maximum atomic E-state index is 3.71. The molecule has 0 bridgehead atoms. The third-order valence-corrected chi connectivity index (χ3v) is 4.40. The number of benzene rings is 1. The SMILES string of the molecule is c1ccc(CC2CCCC2CNC2CC2)cc1. The zero-order chi connectivity index (χ0) is 11.5. The Morgan fingerprint density at radius 2 is 1.71 bits per heavy atom. The van der Waals surface area contributed by atoms with Crippen molar-refractivity contribution in [3.63, 3.8) is 0 Å². The Kier molecular flexibility index (Phi) is 3.46. The van der Waals surface area contributed by atoms with E-state index >= 15 is 0 Å². The Bertz CT molecular complexity index is 342. The van der Waals surface area contributed by atoms with Crippen LogP contribution < -0.4 is 5.32 Å². The molecule has 3 rings (SSSR count). The molecule has 2 aliphatic rings. The molecule has 2 saturated carbocycles. The smallest absolute Gasteiger partial charge is 0.00683 e. The number of rotatable bonds is 5. The first-order valence-corrected chi connectivity index (χ1v) is 7.19. The molecule has 0 radical (unpaired) electrons. The highest BCUT2D eigenvalue weighted by Crippen LogP contribution is 2.34. The largest absolute Gasteiger partial charge is 0.314 e. The van der Waals surface area contributed by atoms with Crippen LogP contribution in [-0.2, 0) is 6.42 Å². The van der Waals surface area contributed by atoms with Crippen LogP contribution in [0.2, 0.25) is 0 Å². The minimum absolute atomic E-state index is 0.868. The summed E-state index contributed by atoms with van der Waals surface area (Å²) in [5.41, 5.74) is 1.52. The van der Waals surface area contributed by atoms with Gasteiger partial charge in [0.1, 0.15) is 0 Å². The van der Waals surface area contributed by atoms with E-state index in [1.165, 1.54) is 50.6 Å². The molecule has 0 aromatic heterocycles. The van der Waals surface area contributed by atoms with E-state index in [0.717, 1.165) is 17.9 Å². The Morgan fingerprint density at radius 1 is 0.941 bits per heavy atom. The molecular formula is C16H23N. The highest BCUT2D eigenvalue weighted by atomic mass is 14.9. The van der Waals surface area contributed by atoms with Gasteiger partial charge in [-0.3, -0.25) is 0 Å². The van der Waals surface area contributed by atoms with E-state index in [4.69, 9.17) is 0 Å². The molecule has 2 fully saturated rings. The normalized spacial score (nSPS) is 28.5. The minimum atomic E-state index is 0.868. The van der Waals surface area contributed by atoms with Gasteiger partial charge in [-0.1, -0.05) is 36.8 Å². The van der Waals surface area contributed by atoms with Gasteiger partial charge in [0.2, 0.25) is 0 Å². The zero-order valence-electron chi connectivity index (χ0n) is 10.6. The fourth-order valence-electron chi connectivity index (χ4n) is 3.17. The van der Waals surface area contributed by atoms with Crippen LogP contribution in [-0.4, -0.2) is 12.6 Å². The molecule has 0 saturated heterocycles. The van der Waals surface area contributed by atoms with Gasteiger partial charge in [-0.2, -0.15) is 0 Å². The van der Waals surface area contributed by atoms with Gasteiger partial charge in [0.05, 0.1) is 0 Å². The second-order valence-corrected chi connectivity index (χ2v) is 5.82. The fourth-order valence-corrected chi connectivity index (χ4v) is 3.17. The molecule has 1 heteroatoms. The summed E-state index contributed by atoms with van der Waals surface area (Å²) in [5.74, 6) is 1.85. The average molecular weight is 229 g/mol. The summed E-state index contributed by atoms with van der Waals surface area (Å²) in [4.78, 5) is 0. The van der Waals surface area contributed by atoms with Gasteiger partial charge < -0.3 is 5.32 Å². The van der Waals surface area contributed by atoms with Crippen LogP contribution in [0.4, 0.5) is 0 Å². The molecule has 1 N–H and O–H groups in total. The van der Waals surface area contributed by atoms with Crippen molar-refractivity contribution < 1.29 is 0 Å². The lowest BCUT2D eigenvalue weighted by atomic mass is 9.89. The summed E-state index contributed by atoms with van der Waals surface area (Å²) in [5, 5.41) is 3.71. The van der Waals surface area contributed by atoms with Crippen molar-refractivity contribution >= 4 is 0 Å². The van der Waals surface area contributed by atoms with E-state index < -0.39 is 0 Å². The molecule has 0 aliphatic heterocycles. The van der Waals surface area contributed by atoms with Crippen molar-refractivity contribution in [2.24, 2.45) is 11.8 Å². The van der Waals surface area contributed by atoms with Crippen molar-refractivity contribution in [2.45, 2.75) is 44.6 Å². The summed E-state index contributed by atoms with van der Waals surface area (Å²) in [6.45, 7) is 1.27. The minimum Gasteiger partial charge on any atom is -0.314 e. The van der Waals surface area contributed by atoms with Crippen molar-refractivity contribution in [1.82, 2.24) is 5.32 Å². The lowest BCUT2D eigenvalue weighted by Crippen LogP contribution is -2.27. The standard InChI is InChI=1S/C16H23N/c1-2-5-13(6-3-1)11-14-7-4-8-15(14)12-17-16-9-10-16/h1-3,5-6,14-17H,4,7-12H2. The summed E-state index contributed by atoms with van der Waals surface area (Å²) in [6, 6.07) is 11.9. The third-order valence-electron chi connectivity index (χ3n) is 4.40. The van der Waals surface area contributed by atoms with E-state index in [1.54, 1.807) is 0 Å². The molecule has 2 aliphatic carbocycles. The summed E-state index contributed by atoms with van der Waals surface area (Å²) < 4.78 is 0. The average Bonchev–Trinajstić information content (AvgIpc) is 3.09. The first-order chi connectivity index (χ1) is 8.42. The van der Waals surface area contributed by atoms with E-state index in [2.05, 4.69) is 35.6 Å². The molecule has 1 aromatic rings. The van der Waals surface area contributed by atoms with Crippen molar-refractivity contribution in [1.29, 1.82) is 0 Å². The van der Waals surface area contributed by atoms with Gasteiger partial charge in [-0.25, -0.2) is 0 Å². The van der Waals surface area contributed by atoms with Gasteiger partial charge >= 0.3 is 0 Å². The van der Waals surface area contributed by atoms with E-state index in [9.17, 15) is 0 Å². The summed E-state index contributed by atoms with van der Waals surface area (Å²) in [6.07, 6.45) is 8.43. The van der Waals surface area contributed by atoms with Crippen LogP contribution in [0.25, 0.3) is 0 Å². The third kappa shape index (κ3) is 3.10. The van der Waals surface area contributed by atoms with Crippen LogP contribution in [0, 0.1) is 11.8 Å². The first-order valence-electron chi connectivity index (χ1n) is 7.19. The molecular weight excluding hydrogens is 206 g/mol. The molecule has 0 amide bonds. The lowest BCUT2D eigenvalue weighted by Gasteiger charge is -2.20. The van der Waals surface area contributed by atoms with E-state index in [-0.39, 0.29) is 0 Å². The summed E-state index contributed by atoms with van der Waals surface area (Å²) in [7, 11) is 0. The summed E-state index contributed by atoms with van der Waals surface area (Å²) >= 11 is 0. The molecule has 1 nitrogen and oxygen atoms in total. The lowest BCUT2D eigenvalue weighted by molar-refractivity contribution is 0.364. The highest BCUT2D eigenvalue weighted by molar-refractivity contribution is 5.15. The first kappa shape index (κ1) is 11.3. The molecule has 92 valence electrons. The highest BCUT2D eigenvalue weighted by Gasteiger charge is 2.29. The second kappa shape index (κ2) is 5.22. The molecule has 2 atom stereocenters. The molecule has 0 spiro atoms. The van der Waals surface area contributed by atoms with Gasteiger partial charge in [-0.05, 0) is 56.0 Å². The number of nitrogens with one attached hydrogen (secondary N) is 1. The van der Waals surface area contributed by atoms with Crippen LogP contribution in [0.3, 0.4) is 0 Å². The van der Waals surface area contributed by atoms with Crippen LogP contribution in [0.15, 0.2) is 30.3 Å². The van der Waals surface area contributed by atoms with Crippen molar-refractivity contribution in [3.05, 3.63) is 35.9 Å².